The molecule has 1 N–H and O–H groups in total. The van der Waals surface area contributed by atoms with Crippen LogP contribution in [0.3, 0.4) is 0 Å². The molecule has 0 spiro atoms. The summed E-state index contributed by atoms with van der Waals surface area (Å²) in [5, 5.41) is 29.8. The predicted octanol–water partition coefficient (Wildman–Crippen LogP) is 1.83. The molecular weight excluding hydrogens is 344 g/mol. The smallest absolute Gasteiger partial charge is 0.247 e. The average molecular weight is 356 g/mol. The van der Waals surface area contributed by atoms with E-state index in [1.54, 1.807) is 0 Å². The van der Waals surface area contributed by atoms with Gasteiger partial charge < -0.3 is 5.32 Å². The Balaban J connectivity index is 1.88. The summed E-state index contributed by atoms with van der Waals surface area (Å²) < 4.78 is 0. The van der Waals surface area contributed by atoms with Gasteiger partial charge in [-0.05, 0) is 36.8 Å². The first-order valence-corrected chi connectivity index (χ1v) is 8.00. The Morgan fingerprint density at radius 1 is 1.07 bits per heavy atom. The minimum Gasteiger partial charge on any atom is -0.324 e. The van der Waals surface area contributed by atoms with Crippen molar-refractivity contribution in [2.45, 2.75) is 18.9 Å². The number of aromatic nitrogens is 1. The zero-order valence-corrected chi connectivity index (χ0v) is 14.0. The Hall–Kier alpha value is -4.22. The normalized spacial score (nSPS) is 15.5. The number of nitrogens with zero attached hydrogens (tertiary/aromatic N) is 5. The number of pyridine rings is 1. The number of rotatable bonds is 3. The minimum absolute atomic E-state index is 0.179. The topological polar surface area (TPSA) is 134 Å². The molecule has 1 aromatic carbocycles. The van der Waals surface area contributed by atoms with Crippen LogP contribution < -0.4 is 10.2 Å². The molecule has 27 heavy (non-hydrogen) atoms. The summed E-state index contributed by atoms with van der Waals surface area (Å²) in [7, 11) is 0. The van der Waals surface area contributed by atoms with E-state index < -0.39 is 11.9 Å². The van der Waals surface area contributed by atoms with E-state index >= 15 is 0 Å². The molecule has 2 amide bonds. The molecule has 1 atom stereocenters. The lowest BCUT2D eigenvalue weighted by Crippen LogP contribution is -2.42. The van der Waals surface area contributed by atoms with E-state index in [1.165, 1.54) is 41.4 Å². The molecule has 3 rings (SSSR count). The van der Waals surface area contributed by atoms with Crippen LogP contribution >= 0.6 is 0 Å². The molecule has 2 aromatic rings. The van der Waals surface area contributed by atoms with E-state index in [4.69, 9.17) is 15.8 Å². The highest BCUT2D eigenvalue weighted by molar-refractivity contribution is 6.07. The fourth-order valence-electron chi connectivity index (χ4n) is 2.89. The van der Waals surface area contributed by atoms with E-state index in [2.05, 4.69) is 10.3 Å². The zero-order chi connectivity index (χ0) is 19.4. The molecule has 1 aromatic heterocycles. The summed E-state index contributed by atoms with van der Waals surface area (Å²) in [5.41, 5.74) is 1.12. The van der Waals surface area contributed by atoms with Crippen molar-refractivity contribution < 1.29 is 9.59 Å². The minimum atomic E-state index is -0.796. The lowest BCUT2D eigenvalue weighted by atomic mass is 10.1. The van der Waals surface area contributed by atoms with Crippen LogP contribution in [0.4, 0.5) is 11.5 Å². The Labute approximate surface area is 154 Å². The van der Waals surface area contributed by atoms with E-state index in [0.717, 1.165) is 0 Å². The lowest BCUT2D eigenvalue weighted by molar-refractivity contribution is -0.120. The summed E-state index contributed by atoms with van der Waals surface area (Å²) in [4.78, 5) is 30.4. The average Bonchev–Trinajstić information content (AvgIpc) is 3.09. The van der Waals surface area contributed by atoms with Crippen LogP contribution in [0.1, 0.15) is 29.5 Å². The van der Waals surface area contributed by atoms with Gasteiger partial charge in [0.15, 0.2) is 0 Å². The van der Waals surface area contributed by atoms with Crippen LogP contribution in [0.15, 0.2) is 36.5 Å². The molecule has 8 heteroatoms. The van der Waals surface area contributed by atoms with Gasteiger partial charge in [0.25, 0.3) is 0 Å². The van der Waals surface area contributed by atoms with Gasteiger partial charge in [-0.15, -0.1) is 0 Å². The first-order valence-electron chi connectivity index (χ1n) is 8.00. The maximum atomic E-state index is 12.7. The van der Waals surface area contributed by atoms with Crippen LogP contribution in [0.2, 0.25) is 0 Å². The summed E-state index contributed by atoms with van der Waals surface area (Å²) in [6.07, 6.45) is 1.88. The van der Waals surface area contributed by atoms with Crippen LogP contribution in [-0.2, 0) is 9.59 Å². The van der Waals surface area contributed by atoms with Crippen molar-refractivity contribution in [2.75, 3.05) is 10.2 Å². The van der Waals surface area contributed by atoms with Crippen LogP contribution in [-0.4, -0.2) is 22.8 Å². The second kappa shape index (κ2) is 7.35. The van der Waals surface area contributed by atoms with E-state index in [1.807, 2.05) is 18.2 Å². The molecule has 1 unspecified atom stereocenters. The maximum Gasteiger partial charge on any atom is 0.247 e. The maximum absolute atomic E-state index is 12.7. The second-order valence-electron chi connectivity index (χ2n) is 5.84. The van der Waals surface area contributed by atoms with Crippen molar-refractivity contribution in [3.63, 3.8) is 0 Å². The van der Waals surface area contributed by atoms with Crippen LogP contribution in [0.25, 0.3) is 0 Å². The van der Waals surface area contributed by atoms with Gasteiger partial charge >= 0.3 is 0 Å². The molecule has 8 nitrogen and oxygen atoms in total. The zero-order valence-electron chi connectivity index (χ0n) is 14.0. The monoisotopic (exact) mass is 356 g/mol. The molecule has 0 bridgehead atoms. The Morgan fingerprint density at radius 3 is 2.37 bits per heavy atom. The van der Waals surface area contributed by atoms with E-state index in [0.29, 0.717) is 17.7 Å². The fourth-order valence-corrected chi connectivity index (χ4v) is 2.89. The third-order valence-electron chi connectivity index (χ3n) is 4.09. The molecule has 0 aliphatic carbocycles. The van der Waals surface area contributed by atoms with Crippen molar-refractivity contribution in [1.82, 2.24) is 4.98 Å². The molecule has 1 fully saturated rings. The summed E-state index contributed by atoms with van der Waals surface area (Å²) in [6, 6.07) is 12.3. The van der Waals surface area contributed by atoms with E-state index in [9.17, 15) is 9.59 Å². The SMILES string of the molecule is N#Cc1cc(C#N)cc(NC(=O)C2CCC(=O)N2c2cc(C#N)ccn2)c1. The fraction of sp³-hybridized carbons (Fsp3) is 0.158. The summed E-state index contributed by atoms with van der Waals surface area (Å²) in [5.74, 6) is -0.481. The molecule has 1 aliphatic heterocycles. The van der Waals surface area contributed by atoms with Gasteiger partial charge in [0.2, 0.25) is 11.8 Å². The number of hydrogen-bond donors (Lipinski definition) is 1. The predicted molar refractivity (Wildman–Crippen MR) is 94.0 cm³/mol. The number of amides is 2. The van der Waals surface area contributed by atoms with Crippen molar-refractivity contribution in [1.29, 1.82) is 15.8 Å². The van der Waals surface area contributed by atoms with Crippen molar-refractivity contribution >= 4 is 23.3 Å². The highest BCUT2D eigenvalue weighted by Gasteiger charge is 2.38. The Morgan fingerprint density at radius 2 is 1.74 bits per heavy atom. The third kappa shape index (κ3) is 3.58. The lowest BCUT2D eigenvalue weighted by Gasteiger charge is -2.23. The summed E-state index contributed by atoms with van der Waals surface area (Å²) in [6.45, 7) is 0. The molecule has 1 aliphatic rings. The first kappa shape index (κ1) is 17.6. The van der Waals surface area contributed by atoms with Gasteiger partial charge in [-0.2, -0.15) is 15.8 Å². The van der Waals surface area contributed by atoms with Crippen molar-refractivity contribution in [2.24, 2.45) is 0 Å². The Bertz CT molecular complexity index is 1020. The number of carbonyl (C=O) groups excluding carboxylic acids is 2. The van der Waals surface area contributed by atoms with Gasteiger partial charge in [0.05, 0.1) is 34.9 Å². The van der Waals surface area contributed by atoms with Crippen molar-refractivity contribution in [3.05, 3.63) is 53.2 Å². The number of nitriles is 3. The van der Waals surface area contributed by atoms with Crippen LogP contribution in [0.5, 0.6) is 0 Å². The highest BCUT2D eigenvalue weighted by Crippen LogP contribution is 2.27. The second-order valence-corrected chi connectivity index (χ2v) is 5.84. The Kier molecular flexibility index (Phi) is 4.79. The first-order chi connectivity index (χ1) is 13.0. The van der Waals surface area contributed by atoms with Gasteiger partial charge in [-0.1, -0.05) is 0 Å². The molecule has 2 heterocycles. The summed E-state index contributed by atoms with van der Waals surface area (Å²) >= 11 is 0. The number of nitrogens with one attached hydrogen (secondary N) is 1. The standard InChI is InChI=1S/C19H12N6O2/c20-9-12-3-4-23-17(8-12)25-16(1-2-18(25)26)19(27)24-15-6-13(10-21)5-14(7-15)11-22/h3-8,16H,1-2H2,(H,24,27). The molecule has 0 radical (unpaired) electrons. The van der Waals surface area contributed by atoms with Gasteiger partial charge in [-0.3, -0.25) is 14.5 Å². The molecular formula is C19H12N6O2. The largest absolute Gasteiger partial charge is 0.324 e. The van der Waals surface area contributed by atoms with Crippen molar-refractivity contribution in [3.8, 4) is 18.2 Å². The molecule has 1 saturated heterocycles. The quantitative estimate of drug-likeness (QED) is 0.891. The van der Waals surface area contributed by atoms with Gasteiger partial charge in [0.1, 0.15) is 11.9 Å². The van der Waals surface area contributed by atoms with Crippen LogP contribution in [0, 0.1) is 34.0 Å². The molecule has 0 saturated carbocycles. The number of carbonyl (C=O) groups is 2. The highest BCUT2D eigenvalue weighted by atomic mass is 16.2. The molecule has 130 valence electrons. The number of benzene rings is 1. The van der Waals surface area contributed by atoms with Gasteiger partial charge in [0, 0.05) is 18.3 Å². The number of anilines is 2. The number of hydrogen-bond acceptors (Lipinski definition) is 6. The third-order valence-corrected chi connectivity index (χ3v) is 4.09. The van der Waals surface area contributed by atoms with Gasteiger partial charge in [-0.25, -0.2) is 4.98 Å². The van der Waals surface area contributed by atoms with E-state index in [-0.39, 0.29) is 29.3 Å².